The molecule has 1 aliphatic heterocycles. The topological polar surface area (TPSA) is 61.4 Å². The van der Waals surface area contributed by atoms with Gasteiger partial charge in [-0.2, -0.15) is 26.3 Å². The lowest BCUT2D eigenvalue weighted by Crippen LogP contribution is -2.50. The van der Waals surface area contributed by atoms with E-state index in [4.69, 9.17) is 0 Å². The van der Waals surface area contributed by atoms with Gasteiger partial charge in [0.15, 0.2) is 0 Å². The number of anilines is 3. The van der Waals surface area contributed by atoms with Gasteiger partial charge in [-0.3, -0.25) is 9.59 Å². The summed E-state index contributed by atoms with van der Waals surface area (Å²) in [5.74, 6) is -3.33. The highest BCUT2D eigenvalue weighted by molar-refractivity contribution is 6.02. The Bertz CT molecular complexity index is 1090. The van der Waals surface area contributed by atoms with Gasteiger partial charge in [-0.1, -0.05) is 13.0 Å². The SMILES string of the molecule is CCC(CCC(F)(F)F)C(=O)NC1CN(c2cccc(C(F)(F)F)c2)c2ccc(F)cc2NC1=O. The smallest absolute Gasteiger partial charge is 0.342 e. The zero-order chi connectivity index (χ0) is 26.0. The Labute approximate surface area is 196 Å². The number of benzene rings is 2. The summed E-state index contributed by atoms with van der Waals surface area (Å²) in [6, 6.07) is 6.21. The molecule has 0 fully saturated rings. The van der Waals surface area contributed by atoms with Gasteiger partial charge in [0.25, 0.3) is 0 Å². The summed E-state index contributed by atoms with van der Waals surface area (Å²) < 4.78 is 91.6. The van der Waals surface area contributed by atoms with E-state index in [0.29, 0.717) is 0 Å². The van der Waals surface area contributed by atoms with E-state index in [2.05, 4.69) is 10.6 Å². The van der Waals surface area contributed by atoms with Crippen LogP contribution in [0.25, 0.3) is 0 Å². The van der Waals surface area contributed by atoms with Gasteiger partial charge in [-0.25, -0.2) is 4.39 Å². The van der Waals surface area contributed by atoms with Crippen LogP contribution in [0.4, 0.5) is 47.8 Å². The lowest BCUT2D eigenvalue weighted by Gasteiger charge is -2.28. The van der Waals surface area contributed by atoms with E-state index in [1.165, 1.54) is 30.0 Å². The normalized spacial score (nSPS) is 17.3. The van der Waals surface area contributed by atoms with Crippen LogP contribution in [0, 0.1) is 11.7 Å². The Morgan fingerprint density at radius 2 is 1.86 bits per heavy atom. The lowest BCUT2D eigenvalue weighted by molar-refractivity contribution is -0.142. The molecule has 5 nitrogen and oxygen atoms in total. The van der Waals surface area contributed by atoms with Crippen molar-refractivity contribution in [2.75, 3.05) is 16.8 Å². The van der Waals surface area contributed by atoms with E-state index < -0.39 is 60.3 Å². The minimum absolute atomic E-state index is 0.0209. The van der Waals surface area contributed by atoms with Gasteiger partial charge in [0.1, 0.15) is 11.9 Å². The van der Waals surface area contributed by atoms with Gasteiger partial charge in [0.2, 0.25) is 11.8 Å². The first kappa shape index (κ1) is 26.3. The molecule has 35 heavy (non-hydrogen) atoms. The second kappa shape index (κ2) is 10.1. The number of fused-ring (bicyclic) bond motifs is 1. The van der Waals surface area contributed by atoms with E-state index in [-0.39, 0.29) is 30.0 Å². The molecule has 1 heterocycles. The van der Waals surface area contributed by atoms with Gasteiger partial charge >= 0.3 is 12.4 Å². The fraction of sp³-hybridized carbons (Fsp3) is 0.391. The fourth-order valence-electron chi connectivity index (χ4n) is 3.78. The quantitative estimate of drug-likeness (QED) is 0.489. The van der Waals surface area contributed by atoms with Gasteiger partial charge in [-0.15, -0.1) is 0 Å². The van der Waals surface area contributed by atoms with Crippen LogP contribution in [0.15, 0.2) is 42.5 Å². The molecule has 2 atom stereocenters. The molecule has 0 radical (unpaired) electrons. The number of alkyl halides is 6. The maximum atomic E-state index is 13.9. The average molecular weight is 505 g/mol. The first-order valence-electron chi connectivity index (χ1n) is 10.7. The third-order valence-corrected chi connectivity index (χ3v) is 5.63. The third kappa shape index (κ3) is 6.64. The predicted molar refractivity (Wildman–Crippen MR) is 114 cm³/mol. The van der Waals surface area contributed by atoms with E-state index in [1.54, 1.807) is 0 Å². The molecule has 3 rings (SSSR count). The zero-order valence-corrected chi connectivity index (χ0v) is 18.4. The van der Waals surface area contributed by atoms with Crippen LogP contribution in [0.1, 0.15) is 31.7 Å². The maximum Gasteiger partial charge on any atom is 0.416 e. The molecular weight excluding hydrogens is 483 g/mol. The van der Waals surface area contributed by atoms with Crippen LogP contribution in [0.5, 0.6) is 0 Å². The molecule has 2 aromatic rings. The van der Waals surface area contributed by atoms with Crippen molar-refractivity contribution in [2.24, 2.45) is 5.92 Å². The van der Waals surface area contributed by atoms with E-state index >= 15 is 0 Å². The van der Waals surface area contributed by atoms with Crippen molar-refractivity contribution < 1.29 is 40.3 Å². The number of rotatable bonds is 6. The van der Waals surface area contributed by atoms with Crippen molar-refractivity contribution in [2.45, 2.75) is 44.6 Å². The molecule has 190 valence electrons. The lowest BCUT2D eigenvalue weighted by atomic mass is 9.98. The van der Waals surface area contributed by atoms with Crippen molar-refractivity contribution in [3.8, 4) is 0 Å². The highest BCUT2D eigenvalue weighted by atomic mass is 19.4. The minimum atomic E-state index is -4.65. The van der Waals surface area contributed by atoms with E-state index in [9.17, 15) is 40.3 Å². The van der Waals surface area contributed by atoms with E-state index in [1.807, 2.05) is 0 Å². The zero-order valence-electron chi connectivity index (χ0n) is 18.4. The molecule has 0 saturated heterocycles. The van der Waals surface area contributed by atoms with Gasteiger partial charge in [0.05, 0.1) is 23.5 Å². The molecular formula is C23H22F7N3O2. The number of hydrogen-bond donors (Lipinski definition) is 2. The number of nitrogens with zero attached hydrogens (tertiary/aromatic N) is 1. The molecule has 2 unspecified atom stereocenters. The largest absolute Gasteiger partial charge is 0.416 e. The Morgan fingerprint density at radius 3 is 2.49 bits per heavy atom. The molecule has 2 amide bonds. The molecule has 1 aliphatic rings. The van der Waals surface area contributed by atoms with Gasteiger partial charge < -0.3 is 15.5 Å². The number of carbonyl (C=O) groups excluding carboxylic acids is 2. The number of carbonyl (C=O) groups is 2. The fourth-order valence-corrected chi connectivity index (χ4v) is 3.78. The monoisotopic (exact) mass is 505 g/mol. The van der Waals surface area contributed by atoms with Crippen molar-refractivity contribution in [1.29, 1.82) is 0 Å². The Morgan fingerprint density at radius 1 is 1.14 bits per heavy atom. The standard InChI is InChI=1S/C23H22F7N3O2/c1-2-13(8-9-22(25,26)27)20(34)32-18-12-33(16-5-3-4-14(10-16)23(28,29)30)19-7-6-15(24)11-17(19)31-21(18)35/h3-7,10-11,13,18H,2,8-9,12H2,1H3,(H,31,35)(H,32,34). The molecule has 0 aromatic heterocycles. The highest BCUT2D eigenvalue weighted by Gasteiger charge is 2.35. The summed E-state index contributed by atoms with van der Waals surface area (Å²) in [5.41, 5.74) is -0.790. The second-order valence-corrected chi connectivity index (χ2v) is 8.13. The number of amides is 2. The van der Waals surface area contributed by atoms with Crippen molar-refractivity contribution in [3.05, 3.63) is 53.8 Å². The average Bonchev–Trinajstić information content (AvgIpc) is 2.89. The van der Waals surface area contributed by atoms with Crippen LogP contribution in [-0.2, 0) is 15.8 Å². The van der Waals surface area contributed by atoms with Crippen LogP contribution >= 0.6 is 0 Å². The van der Waals surface area contributed by atoms with Gasteiger partial charge in [0, 0.05) is 18.0 Å². The van der Waals surface area contributed by atoms with Crippen molar-refractivity contribution >= 4 is 28.9 Å². The van der Waals surface area contributed by atoms with Crippen LogP contribution < -0.4 is 15.5 Å². The first-order valence-corrected chi connectivity index (χ1v) is 10.7. The first-order chi connectivity index (χ1) is 16.3. The second-order valence-electron chi connectivity index (χ2n) is 8.13. The summed E-state index contributed by atoms with van der Waals surface area (Å²) in [5, 5.41) is 4.85. The third-order valence-electron chi connectivity index (χ3n) is 5.63. The number of hydrogen-bond acceptors (Lipinski definition) is 3. The maximum absolute atomic E-state index is 13.9. The highest BCUT2D eigenvalue weighted by Crippen LogP contribution is 2.38. The molecule has 0 spiro atoms. The minimum Gasteiger partial charge on any atom is -0.342 e. The summed E-state index contributed by atoms with van der Waals surface area (Å²) in [4.78, 5) is 26.8. The molecule has 2 N–H and O–H groups in total. The summed E-state index contributed by atoms with van der Waals surface area (Å²) in [7, 11) is 0. The molecule has 12 heteroatoms. The number of nitrogens with one attached hydrogen (secondary N) is 2. The predicted octanol–water partition coefficient (Wildman–Crippen LogP) is 5.79. The Kier molecular flexibility index (Phi) is 7.61. The Hall–Kier alpha value is -3.31. The molecule has 0 saturated carbocycles. The van der Waals surface area contributed by atoms with Crippen molar-refractivity contribution in [1.82, 2.24) is 5.32 Å². The summed E-state index contributed by atoms with van der Waals surface area (Å²) in [6.07, 6.45) is -10.7. The molecule has 0 aliphatic carbocycles. The van der Waals surface area contributed by atoms with Crippen molar-refractivity contribution in [3.63, 3.8) is 0 Å². The Balaban J connectivity index is 1.93. The van der Waals surface area contributed by atoms with Crippen LogP contribution in [0.3, 0.4) is 0 Å². The molecule has 0 bridgehead atoms. The summed E-state index contributed by atoms with van der Waals surface area (Å²) >= 11 is 0. The molecule has 2 aromatic carbocycles. The van der Waals surface area contributed by atoms with E-state index in [0.717, 1.165) is 24.3 Å². The van der Waals surface area contributed by atoms with Gasteiger partial charge in [-0.05, 0) is 49.2 Å². The number of halogens is 7. The van der Waals surface area contributed by atoms with Crippen LogP contribution in [-0.4, -0.2) is 30.6 Å². The summed E-state index contributed by atoms with van der Waals surface area (Å²) in [6.45, 7) is 1.19. The van der Waals surface area contributed by atoms with Crippen LogP contribution in [0.2, 0.25) is 0 Å².